The summed E-state index contributed by atoms with van der Waals surface area (Å²) in [6, 6.07) is 9.97. The lowest BCUT2D eigenvalue weighted by atomic mass is 10.2. The molecule has 3 rings (SSSR count). The summed E-state index contributed by atoms with van der Waals surface area (Å²) >= 11 is 0. The molecule has 2 heterocycles. The van der Waals surface area contributed by atoms with Gasteiger partial charge in [-0.05, 0) is 32.0 Å². The van der Waals surface area contributed by atoms with Gasteiger partial charge < -0.3 is 18.8 Å². The molecule has 26 heavy (non-hydrogen) atoms. The highest BCUT2D eigenvalue weighted by molar-refractivity contribution is 5.90. The maximum absolute atomic E-state index is 11.7. The van der Waals surface area contributed by atoms with E-state index >= 15 is 0 Å². The Hall–Kier alpha value is -2.47. The molecule has 1 fully saturated rings. The van der Waals surface area contributed by atoms with Gasteiger partial charge in [-0.25, -0.2) is 4.79 Å². The number of carbonyl (C=O) groups is 1. The Bertz CT molecular complexity index is 748. The second-order valence-electron chi connectivity index (χ2n) is 6.34. The summed E-state index contributed by atoms with van der Waals surface area (Å²) in [5, 5.41) is 0. The van der Waals surface area contributed by atoms with Crippen LogP contribution in [-0.2, 0) is 11.3 Å². The summed E-state index contributed by atoms with van der Waals surface area (Å²) in [7, 11) is 1.38. The molecule has 0 radical (unpaired) electrons. The predicted molar refractivity (Wildman–Crippen MR) is 99.9 cm³/mol. The van der Waals surface area contributed by atoms with Gasteiger partial charge in [0.05, 0.1) is 25.9 Å². The molecule has 2 aromatic rings. The molecule has 0 N–H and O–H groups in total. The molecular formula is C20H26N2O4. The van der Waals surface area contributed by atoms with Gasteiger partial charge in [-0.1, -0.05) is 12.1 Å². The zero-order valence-electron chi connectivity index (χ0n) is 15.7. The monoisotopic (exact) mass is 358 g/mol. The van der Waals surface area contributed by atoms with Crippen molar-refractivity contribution < 1.29 is 18.7 Å². The quantitative estimate of drug-likeness (QED) is 0.740. The van der Waals surface area contributed by atoms with Crippen LogP contribution in [0.5, 0.6) is 5.75 Å². The smallest absolute Gasteiger partial charge is 0.341 e. The number of furan rings is 1. The standard InChI is InChI=1S/C20H26N2O4/c1-4-25-19-8-6-5-7-18(19)22-11-9-21(10-12-22)14-16-13-17(15(2)26-16)20(23)24-3/h5-8,13H,4,9-12,14H2,1-3H3. The Morgan fingerprint density at radius 1 is 1.19 bits per heavy atom. The lowest BCUT2D eigenvalue weighted by Gasteiger charge is -2.36. The molecule has 1 aromatic heterocycles. The zero-order chi connectivity index (χ0) is 18.5. The molecule has 6 heteroatoms. The SMILES string of the molecule is CCOc1ccccc1N1CCN(Cc2cc(C(=O)OC)c(C)o2)CC1. The van der Waals surface area contributed by atoms with E-state index in [0.29, 0.717) is 24.5 Å². The van der Waals surface area contributed by atoms with Gasteiger partial charge in [0, 0.05) is 26.2 Å². The normalized spacial score (nSPS) is 15.1. The number of piperazine rings is 1. The number of methoxy groups -OCH3 is 1. The summed E-state index contributed by atoms with van der Waals surface area (Å²) in [6.45, 7) is 8.85. The van der Waals surface area contributed by atoms with Crippen LogP contribution in [0.2, 0.25) is 0 Å². The van der Waals surface area contributed by atoms with Crippen molar-refractivity contribution in [3.05, 3.63) is 47.4 Å². The average Bonchev–Trinajstić information content (AvgIpc) is 3.03. The first kappa shape index (κ1) is 18.3. The first-order valence-corrected chi connectivity index (χ1v) is 8.99. The molecule has 1 saturated heterocycles. The summed E-state index contributed by atoms with van der Waals surface area (Å²) in [5.41, 5.74) is 1.66. The first-order chi connectivity index (χ1) is 12.6. The second-order valence-corrected chi connectivity index (χ2v) is 6.34. The molecule has 6 nitrogen and oxygen atoms in total. The molecule has 0 amide bonds. The van der Waals surface area contributed by atoms with Crippen molar-refractivity contribution >= 4 is 11.7 Å². The third kappa shape index (κ3) is 4.02. The van der Waals surface area contributed by atoms with E-state index in [4.69, 9.17) is 13.9 Å². The summed E-state index contributed by atoms with van der Waals surface area (Å²) in [4.78, 5) is 16.4. The first-order valence-electron chi connectivity index (χ1n) is 8.99. The molecule has 0 saturated carbocycles. The molecule has 0 unspecified atom stereocenters. The van der Waals surface area contributed by atoms with E-state index in [1.54, 1.807) is 13.0 Å². The number of esters is 1. The lowest BCUT2D eigenvalue weighted by Crippen LogP contribution is -2.46. The fourth-order valence-electron chi connectivity index (χ4n) is 3.30. The Kier molecular flexibility index (Phi) is 5.83. The van der Waals surface area contributed by atoms with Crippen LogP contribution < -0.4 is 9.64 Å². The minimum absolute atomic E-state index is 0.352. The minimum atomic E-state index is -0.352. The molecule has 1 aliphatic heterocycles. The van der Waals surface area contributed by atoms with E-state index in [1.165, 1.54) is 7.11 Å². The highest BCUT2D eigenvalue weighted by atomic mass is 16.5. The number of ether oxygens (including phenoxy) is 2. The van der Waals surface area contributed by atoms with E-state index < -0.39 is 0 Å². The summed E-state index contributed by atoms with van der Waals surface area (Å²) < 4.78 is 16.3. The van der Waals surface area contributed by atoms with E-state index in [9.17, 15) is 4.79 Å². The molecule has 1 aliphatic rings. The van der Waals surface area contributed by atoms with Crippen LogP contribution in [0.1, 0.15) is 28.8 Å². The van der Waals surface area contributed by atoms with Crippen LogP contribution in [0.25, 0.3) is 0 Å². The van der Waals surface area contributed by atoms with Gasteiger partial charge in [0.15, 0.2) is 0 Å². The maximum atomic E-state index is 11.7. The van der Waals surface area contributed by atoms with Crippen molar-refractivity contribution in [2.24, 2.45) is 0 Å². The fourth-order valence-corrected chi connectivity index (χ4v) is 3.30. The minimum Gasteiger partial charge on any atom is -0.492 e. The van der Waals surface area contributed by atoms with Crippen molar-refractivity contribution in [2.75, 3.05) is 44.8 Å². The van der Waals surface area contributed by atoms with Crippen LogP contribution in [0.15, 0.2) is 34.7 Å². The van der Waals surface area contributed by atoms with Crippen molar-refractivity contribution in [1.29, 1.82) is 0 Å². The Morgan fingerprint density at radius 2 is 1.92 bits per heavy atom. The Morgan fingerprint density at radius 3 is 2.62 bits per heavy atom. The molecule has 0 spiro atoms. The van der Waals surface area contributed by atoms with E-state index in [0.717, 1.165) is 43.4 Å². The lowest BCUT2D eigenvalue weighted by molar-refractivity contribution is 0.0599. The van der Waals surface area contributed by atoms with Crippen molar-refractivity contribution in [1.82, 2.24) is 4.90 Å². The largest absolute Gasteiger partial charge is 0.492 e. The number of aryl methyl sites for hydroxylation is 1. The molecule has 0 atom stereocenters. The zero-order valence-corrected chi connectivity index (χ0v) is 15.7. The molecule has 0 aliphatic carbocycles. The van der Waals surface area contributed by atoms with Gasteiger partial charge in [-0.3, -0.25) is 4.90 Å². The van der Waals surface area contributed by atoms with E-state index in [-0.39, 0.29) is 5.97 Å². The molecule has 1 aromatic carbocycles. The Labute approximate surface area is 154 Å². The van der Waals surface area contributed by atoms with Gasteiger partial charge in [0.2, 0.25) is 0 Å². The summed E-state index contributed by atoms with van der Waals surface area (Å²) in [6.07, 6.45) is 0. The van der Waals surface area contributed by atoms with Gasteiger partial charge in [-0.2, -0.15) is 0 Å². The number of rotatable bonds is 6. The van der Waals surface area contributed by atoms with Gasteiger partial charge >= 0.3 is 5.97 Å². The number of hydrogen-bond acceptors (Lipinski definition) is 6. The van der Waals surface area contributed by atoms with Gasteiger partial charge in [0.1, 0.15) is 22.8 Å². The molecule has 0 bridgehead atoms. The third-order valence-electron chi connectivity index (χ3n) is 4.63. The Balaban J connectivity index is 1.60. The molecular weight excluding hydrogens is 332 g/mol. The number of para-hydroxylation sites is 2. The number of hydrogen-bond donors (Lipinski definition) is 0. The fraction of sp³-hybridized carbons (Fsp3) is 0.450. The maximum Gasteiger partial charge on any atom is 0.341 e. The summed E-state index contributed by atoms with van der Waals surface area (Å²) in [5.74, 6) is 1.99. The number of carbonyl (C=O) groups excluding carboxylic acids is 1. The highest BCUT2D eigenvalue weighted by Crippen LogP contribution is 2.29. The van der Waals surface area contributed by atoms with E-state index in [1.807, 2.05) is 25.1 Å². The van der Waals surface area contributed by atoms with E-state index in [2.05, 4.69) is 15.9 Å². The van der Waals surface area contributed by atoms with Crippen molar-refractivity contribution in [2.45, 2.75) is 20.4 Å². The molecule has 140 valence electrons. The number of nitrogens with zero attached hydrogens (tertiary/aromatic N) is 2. The highest BCUT2D eigenvalue weighted by Gasteiger charge is 2.22. The van der Waals surface area contributed by atoms with Gasteiger partial charge in [-0.15, -0.1) is 0 Å². The predicted octanol–water partition coefficient (Wildman–Crippen LogP) is 3.10. The van der Waals surface area contributed by atoms with Crippen molar-refractivity contribution in [3.63, 3.8) is 0 Å². The van der Waals surface area contributed by atoms with Gasteiger partial charge in [0.25, 0.3) is 0 Å². The average molecular weight is 358 g/mol. The third-order valence-corrected chi connectivity index (χ3v) is 4.63. The van der Waals surface area contributed by atoms with Crippen LogP contribution >= 0.6 is 0 Å². The second kappa shape index (κ2) is 8.27. The van der Waals surface area contributed by atoms with Crippen LogP contribution in [0.3, 0.4) is 0 Å². The van der Waals surface area contributed by atoms with Crippen LogP contribution in [0, 0.1) is 6.92 Å². The van der Waals surface area contributed by atoms with Crippen molar-refractivity contribution in [3.8, 4) is 5.75 Å². The van der Waals surface area contributed by atoms with Crippen LogP contribution in [0.4, 0.5) is 5.69 Å². The number of anilines is 1. The van der Waals surface area contributed by atoms with Crippen LogP contribution in [-0.4, -0.2) is 50.8 Å². The number of benzene rings is 1. The topological polar surface area (TPSA) is 55.2 Å².